The van der Waals surface area contributed by atoms with E-state index >= 15 is 4.79 Å². The van der Waals surface area contributed by atoms with Crippen LogP contribution in [0.4, 0.5) is 5.69 Å². The first-order valence-corrected chi connectivity index (χ1v) is 18.3. The molecule has 8 rings (SSSR count). The van der Waals surface area contributed by atoms with Gasteiger partial charge in [0, 0.05) is 65.5 Å². The summed E-state index contributed by atoms with van der Waals surface area (Å²) in [5.74, 6) is 0.0683. The van der Waals surface area contributed by atoms with E-state index in [-0.39, 0.29) is 11.9 Å². The molecule has 272 valence electrons. The maximum absolute atomic E-state index is 15.1. The second kappa shape index (κ2) is 13.0. The zero-order valence-corrected chi connectivity index (χ0v) is 32.1. The number of nitrogens with zero attached hydrogens (tertiary/aromatic N) is 7. The molecule has 0 fully saturated rings. The maximum Gasteiger partial charge on any atom is 0.441 e. The fourth-order valence-electron chi connectivity index (χ4n) is 8.03. The Labute approximate surface area is 315 Å². The van der Waals surface area contributed by atoms with Crippen molar-refractivity contribution in [3.63, 3.8) is 0 Å². The molecule has 0 spiro atoms. The number of ether oxygens (including phenoxy) is 1. The molecule has 0 radical (unpaired) electrons. The van der Waals surface area contributed by atoms with Gasteiger partial charge in [-0.2, -0.15) is 9.78 Å². The zero-order chi connectivity index (χ0) is 37.5. The monoisotopic (exact) mass is 751 g/mol. The van der Waals surface area contributed by atoms with Crippen LogP contribution in [0.5, 0.6) is 5.75 Å². The number of anilines is 1. The van der Waals surface area contributed by atoms with Gasteiger partial charge in [0.25, 0.3) is 5.91 Å². The summed E-state index contributed by atoms with van der Waals surface area (Å²) >= 11 is 13.5. The first-order chi connectivity index (χ1) is 25.3. The molecule has 0 unspecified atom stereocenters. The third-order valence-electron chi connectivity index (χ3n) is 10.5. The molecule has 13 heteroatoms. The Hall–Kier alpha value is -5.26. The number of benzene rings is 3. The number of fused-ring (bicyclic) bond motifs is 4. The van der Waals surface area contributed by atoms with E-state index in [1.807, 2.05) is 105 Å². The van der Waals surface area contributed by atoms with Crippen molar-refractivity contribution in [3.8, 4) is 22.6 Å². The predicted molar refractivity (Wildman–Crippen MR) is 208 cm³/mol. The number of rotatable bonds is 8. The minimum absolute atomic E-state index is 0.114. The van der Waals surface area contributed by atoms with Crippen molar-refractivity contribution in [3.05, 3.63) is 109 Å². The second-order valence-corrected chi connectivity index (χ2v) is 14.8. The SMILES string of the molecule is Cc1cc(OCCCc2c3n(c4c(-c5c(C)nn(C)c5C)c(Cl)ccc24)[C@H](C)CN(c2cn(C)c4ccc(-n5ncoc5=O)cc24)C3=O)cc(C)c1Cl. The van der Waals surface area contributed by atoms with E-state index < -0.39 is 5.76 Å². The van der Waals surface area contributed by atoms with E-state index in [2.05, 4.69) is 16.6 Å². The molecule has 53 heavy (non-hydrogen) atoms. The van der Waals surface area contributed by atoms with Gasteiger partial charge in [-0.3, -0.25) is 9.48 Å². The fraction of sp³-hybridized carbons (Fsp3) is 0.300. The van der Waals surface area contributed by atoms with Crippen LogP contribution in [-0.4, -0.2) is 47.8 Å². The highest BCUT2D eigenvalue weighted by atomic mass is 35.5. The van der Waals surface area contributed by atoms with E-state index in [0.29, 0.717) is 42.4 Å². The van der Waals surface area contributed by atoms with E-state index in [0.717, 1.165) is 83.9 Å². The topological polar surface area (TPSA) is 105 Å². The van der Waals surface area contributed by atoms with Gasteiger partial charge in [0.15, 0.2) is 0 Å². The Kier molecular flexibility index (Phi) is 8.54. The molecule has 0 N–H and O–H groups in total. The van der Waals surface area contributed by atoms with E-state index in [9.17, 15) is 4.79 Å². The molecule has 0 saturated carbocycles. The van der Waals surface area contributed by atoms with Gasteiger partial charge in [-0.15, -0.1) is 5.10 Å². The highest BCUT2D eigenvalue weighted by molar-refractivity contribution is 6.35. The van der Waals surface area contributed by atoms with Gasteiger partial charge in [0.1, 0.15) is 11.4 Å². The number of carbonyl (C=O) groups excluding carboxylic acids is 1. The van der Waals surface area contributed by atoms with Gasteiger partial charge in [0.2, 0.25) is 6.39 Å². The summed E-state index contributed by atoms with van der Waals surface area (Å²) in [6, 6.07) is 13.4. The van der Waals surface area contributed by atoms with Gasteiger partial charge in [0.05, 0.1) is 39.7 Å². The number of amides is 1. The largest absolute Gasteiger partial charge is 0.494 e. The van der Waals surface area contributed by atoms with Gasteiger partial charge >= 0.3 is 5.76 Å². The van der Waals surface area contributed by atoms with Gasteiger partial charge < -0.3 is 23.2 Å². The van der Waals surface area contributed by atoms with Crippen molar-refractivity contribution < 1.29 is 13.9 Å². The Balaban J connectivity index is 1.27. The van der Waals surface area contributed by atoms with Crippen molar-refractivity contribution in [2.45, 2.75) is 53.5 Å². The molecular weight excluding hydrogens is 713 g/mol. The molecule has 5 heterocycles. The predicted octanol–water partition coefficient (Wildman–Crippen LogP) is 8.45. The summed E-state index contributed by atoms with van der Waals surface area (Å²) in [7, 11) is 3.88. The van der Waals surface area contributed by atoms with E-state index in [1.165, 1.54) is 4.68 Å². The van der Waals surface area contributed by atoms with Crippen LogP contribution in [0.2, 0.25) is 10.0 Å². The molecular formula is C40H39Cl2N7O4. The Morgan fingerprint density at radius 3 is 2.40 bits per heavy atom. The average Bonchev–Trinajstić information content (AvgIpc) is 3.86. The van der Waals surface area contributed by atoms with Crippen molar-refractivity contribution >= 4 is 56.6 Å². The Morgan fingerprint density at radius 1 is 0.962 bits per heavy atom. The number of aryl methyl sites for hydroxylation is 6. The normalized spacial score (nSPS) is 14.5. The highest BCUT2D eigenvalue weighted by Gasteiger charge is 2.37. The number of aromatic nitrogens is 6. The maximum atomic E-state index is 15.1. The van der Waals surface area contributed by atoms with Gasteiger partial charge in [-0.05, 0) is 101 Å². The summed E-state index contributed by atoms with van der Waals surface area (Å²) in [6.07, 6.45) is 4.35. The molecule has 0 aliphatic carbocycles. The molecule has 0 saturated heterocycles. The lowest BCUT2D eigenvalue weighted by Gasteiger charge is -2.34. The zero-order valence-electron chi connectivity index (χ0n) is 30.6. The summed E-state index contributed by atoms with van der Waals surface area (Å²) in [5, 5.41) is 11.9. The molecule has 1 aliphatic heterocycles. The molecule has 11 nitrogen and oxygen atoms in total. The van der Waals surface area contributed by atoms with E-state index in [1.54, 1.807) is 0 Å². The Morgan fingerprint density at radius 2 is 1.72 bits per heavy atom. The number of halogens is 2. The van der Waals surface area contributed by atoms with E-state index in [4.69, 9.17) is 37.5 Å². The third kappa shape index (κ3) is 5.56. The Bertz CT molecular complexity index is 2650. The van der Waals surface area contributed by atoms with Crippen molar-refractivity contribution in [2.24, 2.45) is 14.1 Å². The third-order valence-corrected chi connectivity index (χ3v) is 11.5. The molecule has 1 amide bonds. The lowest BCUT2D eigenvalue weighted by atomic mass is 9.98. The molecule has 0 bridgehead atoms. The number of carbonyl (C=O) groups is 1. The van der Waals surface area contributed by atoms with Crippen LogP contribution in [0, 0.1) is 27.7 Å². The highest BCUT2D eigenvalue weighted by Crippen LogP contribution is 2.45. The molecule has 3 aromatic carbocycles. The number of hydrogen-bond donors (Lipinski definition) is 0. The van der Waals surface area contributed by atoms with Crippen LogP contribution in [0.15, 0.2) is 64.3 Å². The summed E-state index contributed by atoms with van der Waals surface area (Å²) in [5.41, 5.74) is 10.3. The van der Waals surface area contributed by atoms with Gasteiger partial charge in [-0.1, -0.05) is 29.3 Å². The summed E-state index contributed by atoms with van der Waals surface area (Å²) in [6.45, 7) is 11.0. The molecule has 1 atom stereocenters. The second-order valence-electron chi connectivity index (χ2n) is 14.0. The first-order valence-electron chi connectivity index (χ1n) is 17.5. The minimum atomic E-state index is -0.586. The smallest absolute Gasteiger partial charge is 0.441 e. The summed E-state index contributed by atoms with van der Waals surface area (Å²) in [4.78, 5) is 29.3. The molecule has 4 aromatic heterocycles. The van der Waals surface area contributed by atoms with Crippen LogP contribution >= 0.6 is 23.2 Å². The number of hydrogen-bond acceptors (Lipinski definition) is 6. The lowest BCUT2D eigenvalue weighted by molar-refractivity contribution is 0.0957. The van der Waals surface area contributed by atoms with Crippen LogP contribution in [-0.2, 0) is 20.5 Å². The van der Waals surface area contributed by atoms with Crippen molar-refractivity contribution in [1.82, 2.24) is 28.7 Å². The molecule has 1 aliphatic rings. The average molecular weight is 753 g/mol. The fourth-order valence-corrected chi connectivity index (χ4v) is 8.38. The van der Waals surface area contributed by atoms with Crippen LogP contribution in [0.3, 0.4) is 0 Å². The standard InChI is InChI=1S/C40H39Cl2N7O4/c1-21-15-27(16-22(2)36(21)42)52-14-8-9-28-29-11-12-31(41)35(34-24(4)44-46(7)25(34)5)37(29)48-23(3)18-47(39(50)38(28)48)33-19-45(6)32-13-10-26(17-30(32)33)49-40(51)53-20-43-49/h10-13,15-17,19-20,23H,8-9,14,18H2,1-7H3/t23-/m1/s1. The quantitative estimate of drug-likeness (QED) is 0.144. The van der Waals surface area contributed by atoms with Crippen molar-refractivity contribution in [2.75, 3.05) is 18.1 Å². The molecule has 7 aromatic rings. The van der Waals surface area contributed by atoms with Crippen molar-refractivity contribution in [1.29, 1.82) is 0 Å². The lowest BCUT2D eigenvalue weighted by Crippen LogP contribution is -2.42. The van der Waals surface area contributed by atoms with Gasteiger partial charge in [-0.25, -0.2) is 4.79 Å². The first kappa shape index (κ1) is 34.8. The van der Waals surface area contributed by atoms with Crippen LogP contribution in [0.25, 0.3) is 38.6 Å². The summed E-state index contributed by atoms with van der Waals surface area (Å²) < 4.78 is 18.4. The minimum Gasteiger partial charge on any atom is -0.494 e. The van der Waals surface area contributed by atoms with Crippen LogP contribution < -0.4 is 15.4 Å². The van der Waals surface area contributed by atoms with Crippen LogP contribution in [0.1, 0.15) is 58.0 Å².